The van der Waals surface area contributed by atoms with Gasteiger partial charge in [0.1, 0.15) is 12.7 Å². The highest BCUT2D eigenvalue weighted by molar-refractivity contribution is 5.70. The molecule has 1 aromatic rings. The van der Waals surface area contributed by atoms with Gasteiger partial charge >= 0.3 is 5.97 Å². The Morgan fingerprint density at radius 2 is 2.08 bits per heavy atom. The first-order chi connectivity index (χ1) is 11.5. The van der Waals surface area contributed by atoms with Gasteiger partial charge in [-0.1, -0.05) is 27.2 Å². The largest absolute Gasteiger partial charge is 0.456 e. The van der Waals surface area contributed by atoms with Crippen LogP contribution in [-0.4, -0.2) is 28.6 Å². The van der Waals surface area contributed by atoms with E-state index in [9.17, 15) is 4.79 Å². The van der Waals surface area contributed by atoms with Gasteiger partial charge in [-0.15, -0.1) is 0 Å². The summed E-state index contributed by atoms with van der Waals surface area (Å²) in [6.45, 7) is 6.59. The highest BCUT2D eigenvalue weighted by Gasteiger charge is 2.31. The van der Waals surface area contributed by atoms with E-state index in [0.29, 0.717) is 29.1 Å². The highest BCUT2D eigenvalue weighted by atomic mass is 16.6. The minimum Gasteiger partial charge on any atom is -0.456 e. The molecule has 0 amide bonds. The smallest absolute Gasteiger partial charge is 0.332 e. The van der Waals surface area contributed by atoms with Crippen molar-refractivity contribution in [2.45, 2.75) is 52.7 Å². The van der Waals surface area contributed by atoms with Gasteiger partial charge in [0.05, 0.1) is 11.7 Å². The lowest BCUT2D eigenvalue weighted by molar-refractivity contribution is -0.155. The topological polar surface area (TPSA) is 85.1 Å². The van der Waals surface area contributed by atoms with Crippen molar-refractivity contribution in [3.05, 3.63) is 23.8 Å². The van der Waals surface area contributed by atoms with Gasteiger partial charge in [-0.05, 0) is 30.6 Å². The van der Waals surface area contributed by atoms with Gasteiger partial charge in [0, 0.05) is 12.4 Å². The van der Waals surface area contributed by atoms with Crippen LogP contribution in [0.4, 0.5) is 0 Å². The van der Waals surface area contributed by atoms with Crippen LogP contribution in [0.5, 0.6) is 0 Å². The van der Waals surface area contributed by atoms with Crippen molar-refractivity contribution >= 4 is 5.97 Å². The molecule has 0 aliphatic heterocycles. The van der Waals surface area contributed by atoms with Gasteiger partial charge in [0.15, 0.2) is 12.4 Å². The van der Waals surface area contributed by atoms with E-state index in [1.807, 2.05) is 6.07 Å². The summed E-state index contributed by atoms with van der Waals surface area (Å²) in [5.41, 5.74) is 0.375. The number of aromatic nitrogens is 2. The zero-order chi connectivity index (χ0) is 17.5. The number of carbonyl (C=O) groups is 1. The van der Waals surface area contributed by atoms with Crippen LogP contribution in [0.25, 0.3) is 0 Å². The lowest BCUT2D eigenvalue weighted by Gasteiger charge is -2.36. The van der Waals surface area contributed by atoms with Crippen LogP contribution in [0.3, 0.4) is 0 Å². The fourth-order valence-corrected chi connectivity index (χ4v) is 3.16. The Bertz CT molecular complexity index is 580. The van der Waals surface area contributed by atoms with Crippen LogP contribution < -0.4 is 0 Å². The van der Waals surface area contributed by atoms with Gasteiger partial charge in [-0.25, -0.2) is 14.8 Å². The molecule has 130 valence electrons. The number of rotatable bonds is 6. The van der Waals surface area contributed by atoms with Gasteiger partial charge < -0.3 is 9.47 Å². The molecule has 0 bridgehead atoms. The van der Waals surface area contributed by atoms with E-state index in [4.69, 9.17) is 14.7 Å². The Morgan fingerprint density at radius 1 is 1.38 bits per heavy atom. The molecule has 6 heteroatoms. The molecule has 3 unspecified atom stereocenters. The molecule has 0 aromatic carbocycles. The lowest BCUT2D eigenvalue weighted by Crippen LogP contribution is -2.35. The fraction of sp³-hybridized carbons (Fsp3) is 0.667. The second kappa shape index (κ2) is 8.74. The third-order valence-electron chi connectivity index (χ3n) is 4.57. The molecule has 24 heavy (non-hydrogen) atoms. The monoisotopic (exact) mass is 331 g/mol. The average Bonchev–Trinajstić information content (AvgIpc) is 2.58. The summed E-state index contributed by atoms with van der Waals surface area (Å²) < 4.78 is 11.0. The average molecular weight is 331 g/mol. The molecule has 0 spiro atoms. The molecule has 1 saturated carbocycles. The molecule has 6 nitrogen and oxygen atoms in total. The maximum Gasteiger partial charge on any atom is 0.332 e. The van der Waals surface area contributed by atoms with Crippen LogP contribution in [0.2, 0.25) is 0 Å². The molecule has 1 fully saturated rings. The maximum absolute atomic E-state index is 11.9. The Morgan fingerprint density at radius 3 is 2.71 bits per heavy atom. The van der Waals surface area contributed by atoms with Crippen molar-refractivity contribution in [1.82, 2.24) is 9.97 Å². The Labute approximate surface area is 143 Å². The van der Waals surface area contributed by atoms with Crippen molar-refractivity contribution in [2.24, 2.45) is 17.8 Å². The van der Waals surface area contributed by atoms with Crippen LogP contribution >= 0.6 is 0 Å². The number of esters is 1. The highest BCUT2D eigenvalue weighted by Crippen LogP contribution is 2.35. The zero-order valence-electron chi connectivity index (χ0n) is 14.6. The molecule has 0 N–H and O–H groups in total. The van der Waals surface area contributed by atoms with E-state index in [0.717, 1.165) is 12.8 Å². The molecule has 2 rings (SSSR count). The maximum atomic E-state index is 11.9. The molecule has 1 aromatic heterocycles. The normalized spacial score (nSPS) is 23.7. The summed E-state index contributed by atoms with van der Waals surface area (Å²) in [5.74, 6) is 1.63. The summed E-state index contributed by atoms with van der Waals surface area (Å²) in [6.07, 6.45) is 6.30. The second-order valence-corrected chi connectivity index (χ2v) is 6.84. The molecule has 1 aliphatic carbocycles. The van der Waals surface area contributed by atoms with Crippen molar-refractivity contribution in [3.8, 4) is 6.07 Å². The standard InChI is InChI=1S/C18H25N3O3/c1-12(2)15-5-4-13(3)6-16(15)23-11-18(22)24-10-17-20-8-14(7-19)9-21-17/h8-9,12-13,15-16H,4-6,10-11H2,1-3H3. The summed E-state index contributed by atoms with van der Waals surface area (Å²) in [7, 11) is 0. The Hall–Kier alpha value is -2.00. The van der Waals surface area contributed by atoms with Gasteiger partial charge in [-0.2, -0.15) is 5.26 Å². The number of hydrogen-bond donors (Lipinski definition) is 0. The molecule has 0 radical (unpaired) electrons. The van der Waals surface area contributed by atoms with Crippen LogP contribution in [0, 0.1) is 29.1 Å². The van der Waals surface area contributed by atoms with Crippen LogP contribution in [-0.2, 0) is 20.9 Å². The van der Waals surface area contributed by atoms with E-state index in [1.165, 1.54) is 18.8 Å². The molecular weight excluding hydrogens is 306 g/mol. The number of nitrogens with zero attached hydrogens (tertiary/aromatic N) is 3. The third kappa shape index (κ3) is 5.27. The van der Waals surface area contributed by atoms with Crippen molar-refractivity contribution in [3.63, 3.8) is 0 Å². The van der Waals surface area contributed by atoms with Crippen molar-refractivity contribution in [2.75, 3.05) is 6.61 Å². The van der Waals surface area contributed by atoms with Crippen LogP contribution in [0.1, 0.15) is 51.4 Å². The summed E-state index contributed by atoms with van der Waals surface area (Å²) in [6, 6.07) is 1.94. The van der Waals surface area contributed by atoms with E-state index < -0.39 is 5.97 Å². The summed E-state index contributed by atoms with van der Waals surface area (Å²) >= 11 is 0. The molecular formula is C18H25N3O3. The fourth-order valence-electron chi connectivity index (χ4n) is 3.16. The first-order valence-electron chi connectivity index (χ1n) is 8.47. The first-order valence-corrected chi connectivity index (χ1v) is 8.47. The Kier molecular flexibility index (Phi) is 6.68. The number of nitriles is 1. The zero-order valence-corrected chi connectivity index (χ0v) is 14.6. The minimum atomic E-state index is -0.413. The van der Waals surface area contributed by atoms with Crippen molar-refractivity contribution < 1.29 is 14.3 Å². The number of hydrogen-bond acceptors (Lipinski definition) is 6. The van der Waals surface area contributed by atoms with E-state index in [2.05, 4.69) is 30.7 Å². The summed E-state index contributed by atoms with van der Waals surface area (Å²) in [5, 5.41) is 8.69. The minimum absolute atomic E-state index is 0.0113. The lowest BCUT2D eigenvalue weighted by atomic mass is 9.75. The summed E-state index contributed by atoms with van der Waals surface area (Å²) in [4.78, 5) is 19.8. The van der Waals surface area contributed by atoms with E-state index in [1.54, 1.807) is 0 Å². The van der Waals surface area contributed by atoms with Crippen molar-refractivity contribution in [1.29, 1.82) is 5.26 Å². The molecule has 3 atom stereocenters. The van der Waals surface area contributed by atoms with E-state index >= 15 is 0 Å². The van der Waals surface area contributed by atoms with Crippen LogP contribution in [0.15, 0.2) is 12.4 Å². The number of carbonyl (C=O) groups excluding carboxylic acids is 1. The number of ether oxygens (including phenoxy) is 2. The van der Waals surface area contributed by atoms with Gasteiger partial charge in [0.25, 0.3) is 0 Å². The van der Waals surface area contributed by atoms with Gasteiger partial charge in [0.2, 0.25) is 0 Å². The van der Waals surface area contributed by atoms with E-state index in [-0.39, 0.29) is 19.3 Å². The quantitative estimate of drug-likeness (QED) is 0.745. The Balaban J connectivity index is 1.78. The molecule has 1 aliphatic rings. The molecule has 1 heterocycles. The SMILES string of the molecule is CC1CCC(C(C)C)C(OCC(=O)OCc2ncc(C#N)cn2)C1. The molecule has 0 saturated heterocycles. The predicted octanol–water partition coefficient (Wildman–Crippen LogP) is 2.87. The first kappa shape index (κ1) is 18.3. The third-order valence-corrected chi connectivity index (χ3v) is 4.57. The second-order valence-electron chi connectivity index (χ2n) is 6.84. The van der Waals surface area contributed by atoms with Gasteiger partial charge in [-0.3, -0.25) is 0 Å². The predicted molar refractivity (Wildman–Crippen MR) is 87.6 cm³/mol.